The third kappa shape index (κ3) is 3.34. The van der Waals surface area contributed by atoms with Crippen molar-refractivity contribution in [3.8, 4) is 16.9 Å². The standard InChI is InChI=1S/C24H19N3OS/c28-22-17-29-24(27(22)20-14-8-3-9-15-20)21-16-26(19-12-6-2-7-13-19)25-23(21)18-10-4-1-5-11-18/h1-16,24H,17H2. The zero-order valence-electron chi connectivity index (χ0n) is 15.7. The van der Waals surface area contributed by atoms with E-state index in [-0.39, 0.29) is 11.3 Å². The lowest BCUT2D eigenvalue weighted by Crippen LogP contribution is -2.27. The van der Waals surface area contributed by atoms with Crippen molar-refractivity contribution >= 4 is 23.4 Å². The maximum absolute atomic E-state index is 12.8. The fraction of sp³-hybridized carbons (Fsp3) is 0.0833. The third-order valence-corrected chi connectivity index (χ3v) is 6.17. The Hall–Kier alpha value is -3.31. The van der Waals surface area contributed by atoms with E-state index in [0.717, 1.165) is 28.2 Å². The molecule has 4 nitrogen and oxygen atoms in total. The van der Waals surface area contributed by atoms with Crippen LogP contribution in [0.4, 0.5) is 5.69 Å². The Kier molecular flexibility index (Phi) is 4.66. The Morgan fingerprint density at radius 2 is 1.38 bits per heavy atom. The molecule has 142 valence electrons. The monoisotopic (exact) mass is 397 g/mol. The molecule has 1 unspecified atom stereocenters. The van der Waals surface area contributed by atoms with Crippen LogP contribution in [0.25, 0.3) is 16.9 Å². The molecule has 0 spiro atoms. The number of rotatable bonds is 4. The van der Waals surface area contributed by atoms with Crippen molar-refractivity contribution in [2.75, 3.05) is 10.7 Å². The first-order valence-corrected chi connectivity index (χ1v) is 10.6. The minimum absolute atomic E-state index is 0.113. The first kappa shape index (κ1) is 17.8. The van der Waals surface area contributed by atoms with Crippen LogP contribution in [-0.2, 0) is 4.79 Å². The molecule has 1 atom stereocenters. The van der Waals surface area contributed by atoms with E-state index in [0.29, 0.717) is 5.75 Å². The molecule has 5 rings (SSSR count). The molecule has 0 bridgehead atoms. The Bertz CT molecular complexity index is 1130. The second-order valence-corrected chi connectivity index (χ2v) is 7.91. The molecule has 2 heterocycles. The van der Waals surface area contributed by atoms with E-state index in [4.69, 9.17) is 5.10 Å². The number of benzene rings is 3. The number of para-hydroxylation sites is 2. The molecular weight excluding hydrogens is 378 g/mol. The van der Waals surface area contributed by atoms with Gasteiger partial charge in [-0.15, -0.1) is 11.8 Å². The summed E-state index contributed by atoms with van der Waals surface area (Å²) in [6.07, 6.45) is 2.06. The van der Waals surface area contributed by atoms with Crippen LogP contribution in [0, 0.1) is 0 Å². The zero-order chi connectivity index (χ0) is 19.6. The highest BCUT2D eigenvalue weighted by molar-refractivity contribution is 8.00. The molecule has 1 amide bonds. The van der Waals surface area contributed by atoms with Gasteiger partial charge in [-0.2, -0.15) is 5.10 Å². The summed E-state index contributed by atoms with van der Waals surface area (Å²) in [4.78, 5) is 14.7. The van der Waals surface area contributed by atoms with E-state index in [1.165, 1.54) is 0 Å². The maximum Gasteiger partial charge on any atom is 0.238 e. The van der Waals surface area contributed by atoms with Gasteiger partial charge in [0.25, 0.3) is 0 Å². The number of aromatic nitrogens is 2. The van der Waals surface area contributed by atoms with Crippen LogP contribution in [0.3, 0.4) is 0 Å². The number of thioether (sulfide) groups is 1. The predicted molar refractivity (Wildman–Crippen MR) is 118 cm³/mol. The molecule has 3 aromatic carbocycles. The van der Waals surface area contributed by atoms with Gasteiger partial charge in [0.15, 0.2) is 0 Å². The number of hydrogen-bond donors (Lipinski definition) is 0. The molecule has 1 aliphatic heterocycles. The van der Waals surface area contributed by atoms with Gasteiger partial charge in [0, 0.05) is 23.0 Å². The summed E-state index contributed by atoms with van der Waals surface area (Å²) in [5.74, 6) is 0.585. The molecule has 0 radical (unpaired) electrons. The first-order chi connectivity index (χ1) is 14.3. The topological polar surface area (TPSA) is 38.1 Å². The Morgan fingerprint density at radius 3 is 2.03 bits per heavy atom. The van der Waals surface area contributed by atoms with E-state index in [1.54, 1.807) is 11.8 Å². The third-order valence-electron chi connectivity index (χ3n) is 4.98. The fourth-order valence-electron chi connectivity index (χ4n) is 3.62. The smallest absolute Gasteiger partial charge is 0.238 e. The van der Waals surface area contributed by atoms with E-state index >= 15 is 0 Å². The molecule has 1 fully saturated rings. The Morgan fingerprint density at radius 1 is 0.793 bits per heavy atom. The van der Waals surface area contributed by atoms with E-state index in [9.17, 15) is 4.79 Å². The second-order valence-electron chi connectivity index (χ2n) is 6.84. The van der Waals surface area contributed by atoms with Crippen molar-refractivity contribution in [3.63, 3.8) is 0 Å². The number of carbonyl (C=O) groups is 1. The first-order valence-electron chi connectivity index (χ1n) is 9.50. The number of carbonyl (C=O) groups excluding carboxylic acids is 1. The van der Waals surface area contributed by atoms with Crippen molar-refractivity contribution in [3.05, 3.63) is 103 Å². The molecule has 1 saturated heterocycles. The van der Waals surface area contributed by atoms with Gasteiger partial charge in [0.1, 0.15) is 5.37 Å². The van der Waals surface area contributed by atoms with Crippen LogP contribution in [0.15, 0.2) is 97.2 Å². The van der Waals surface area contributed by atoms with Gasteiger partial charge in [0.05, 0.1) is 17.1 Å². The summed E-state index contributed by atoms with van der Waals surface area (Å²) in [6, 6.07) is 30.1. The van der Waals surface area contributed by atoms with Crippen molar-refractivity contribution in [2.24, 2.45) is 0 Å². The van der Waals surface area contributed by atoms with E-state index in [2.05, 4.69) is 18.3 Å². The predicted octanol–water partition coefficient (Wildman–Crippen LogP) is 5.32. The number of hydrogen-bond acceptors (Lipinski definition) is 3. The molecule has 0 saturated carbocycles. The molecule has 0 aliphatic carbocycles. The zero-order valence-corrected chi connectivity index (χ0v) is 16.5. The summed E-state index contributed by atoms with van der Waals surface area (Å²) in [5, 5.41) is 4.80. The van der Waals surface area contributed by atoms with Gasteiger partial charge >= 0.3 is 0 Å². The van der Waals surface area contributed by atoms with Crippen LogP contribution >= 0.6 is 11.8 Å². The van der Waals surface area contributed by atoms with Gasteiger partial charge in [-0.05, 0) is 24.3 Å². The number of anilines is 1. The van der Waals surface area contributed by atoms with Crippen LogP contribution in [-0.4, -0.2) is 21.4 Å². The molecule has 4 aromatic rings. The maximum atomic E-state index is 12.8. The SMILES string of the molecule is O=C1CSC(c2cn(-c3ccccc3)nc2-c2ccccc2)N1c1ccccc1. The molecule has 29 heavy (non-hydrogen) atoms. The van der Waals surface area contributed by atoms with Crippen LogP contribution < -0.4 is 4.90 Å². The van der Waals surface area contributed by atoms with Gasteiger partial charge in [-0.25, -0.2) is 4.68 Å². The second kappa shape index (κ2) is 7.60. The molecule has 0 N–H and O–H groups in total. The summed E-state index contributed by atoms with van der Waals surface area (Å²) in [5.41, 5.74) is 4.91. The number of amides is 1. The average molecular weight is 398 g/mol. The minimum Gasteiger partial charge on any atom is -0.295 e. The van der Waals surface area contributed by atoms with Crippen molar-refractivity contribution in [1.82, 2.24) is 9.78 Å². The minimum atomic E-state index is -0.113. The molecule has 1 aromatic heterocycles. The lowest BCUT2D eigenvalue weighted by molar-refractivity contribution is -0.115. The Balaban J connectivity index is 1.65. The molecule has 1 aliphatic rings. The number of nitrogens with zero attached hydrogens (tertiary/aromatic N) is 3. The van der Waals surface area contributed by atoms with Crippen molar-refractivity contribution in [1.29, 1.82) is 0 Å². The largest absolute Gasteiger partial charge is 0.295 e. The summed E-state index contributed by atoms with van der Waals surface area (Å²) >= 11 is 1.65. The summed E-state index contributed by atoms with van der Waals surface area (Å²) in [7, 11) is 0. The van der Waals surface area contributed by atoms with E-state index < -0.39 is 0 Å². The highest BCUT2D eigenvalue weighted by atomic mass is 32.2. The summed E-state index contributed by atoms with van der Waals surface area (Å²) in [6.45, 7) is 0. The lowest BCUT2D eigenvalue weighted by Gasteiger charge is -2.24. The molecule has 5 heteroatoms. The van der Waals surface area contributed by atoms with Gasteiger partial charge in [-0.3, -0.25) is 9.69 Å². The highest BCUT2D eigenvalue weighted by Crippen LogP contribution is 2.44. The average Bonchev–Trinajstić information content (AvgIpc) is 3.39. The van der Waals surface area contributed by atoms with Crippen molar-refractivity contribution in [2.45, 2.75) is 5.37 Å². The fourth-order valence-corrected chi connectivity index (χ4v) is 4.80. The Labute approximate surface area is 173 Å². The molecular formula is C24H19N3OS. The lowest BCUT2D eigenvalue weighted by atomic mass is 10.1. The van der Waals surface area contributed by atoms with E-state index in [1.807, 2.05) is 88.4 Å². The van der Waals surface area contributed by atoms with Crippen LogP contribution in [0.5, 0.6) is 0 Å². The normalized spacial score (nSPS) is 16.3. The van der Waals surface area contributed by atoms with Crippen LogP contribution in [0.1, 0.15) is 10.9 Å². The summed E-state index contributed by atoms with van der Waals surface area (Å²) < 4.78 is 1.91. The van der Waals surface area contributed by atoms with Crippen LogP contribution in [0.2, 0.25) is 0 Å². The highest BCUT2D eigenvalue weighted by Gasteiger charge is 2.36. The van der Waals surface area contributed by atoms with Gasteiger partial charge in [-0.1, -0.05) is 66.7 Å². The van der Waals surface area contributed by atoms with Gasteiger partial charge < -0.3 is 0 Å². The van der Waals surface area contributed by atoms with Crippen molar-refractivity contribution < 1.29 is 4.79 Å². The van der Waals surface area contributed by atoms with Gasteiger partial charge in [0.2, 0.25) is 5.91 Å². The quantitative estimate of drug-likeness (QED) is 0.468.